The molecule has 0 aliphatic carbocycles. The van der Waals surface area contributed by atoms with E-state index in [0.717, 1.165) is 32.7 Å². The molecule has 0 atom stereocenters. The predicted octanol–water partition coefficient (Wildman–Crippen LogP) is 3.19. The number of aromatic nitrogens is 2. The van der Waals surface area contributed by atoms with E-state index in [4.69, 9.17) is 5.84 Å². The first-order chi connectivity index (χ1) is 9.01. The van der Waals surface area contributed by atoms with Crippen LogP contribution in [0.5, 0.6) is 0 Å². The van der Waals surface area contributed by atoms with Crippen molar-refractivity contribution in [1.29, 1.82) is 0 Å². The second-order valence-corrected chi connectivity index (χ2v) is 5.32. The lowest BCUT2D eigenvalue weighted by Gasteiger charge is -2.14. The van der Waals surface area contributed by atoms with E-state index in [1.165, 1.54) is 0 Å². The third-order valence-corrected chi connectivity index (χ3v) is 3.30. The third kappa shape index (κ3) is 3.02. The molecule has 2 rings (SSSR count). The molecule has 5 nitrogen and oxygen atoms in total. The zero-order valence-corrected chi connectivity index (χ0v) is 12.7. The summed E-state index contributed by atoms with van der Waals surface area (Å²) in [5, 5.41) is 3.34. The highest BCUT2D eigenvalue weighted by Gasteiger charge is 2.08. The normalized spacial score (nSPS) is 10.4. The van der Waals surface area contributed by atoms with Crippen LogP contribution in [0.1, 0.15) is 16.7 Å². The van der Waals surface area contributed by atoms with Crippen molar-refractivity contribution in [3.8, 4) is 0 Å². The van der Waals surface area contributed by atoms with Crippen molar-refractivity contribution in [2.45, 2.75) is 20.8 Å². The van der Waals surface area contributed by atoms with Crippen LogP contribution in [-0.4, -0.2) is 9.97 Å². The van der Waals surface area contributed by atoms with E-state index in [2.05, 4.69) is 62.6 Å². The Morgan fingerprint density at radius 1 is 1.11 bits per heavy atom. The van der Waals surface area contributed by atoms with E-state index in [1.54, 1.807) is 6.20 Å². The largest absolute Gasteiger partial charge is 0.339 e. The lowest BCUT2D eigenvalue weighted by atomic mass is 10.1. The number of rotatable bonds is 3. The fraction of sp³-hybridized carbons (Fsp3) is 0.231. The van der Waals surface area contributed by atoms with Gasteiger partial charge in [-0.05, 0) is 44.0 Å². The van der Waals surface area contributed by atoms with Gasteiger partial charge in [-0.3, -0.25) is 5.43 Å². The molecule has 1 aromatic carbocycles. The van der Waals surface area contributed by atoms with Crippen LogP contribution in [0.25, 0.3) is 0 Å². The second-order valence-electron chi connectivity index (χ2n) is 4.41. The smallest absolute Gasteiger partial charge is 0.239 e. The average Bonchev–Trinajstić information content (AvgIpc) is 2.35. The molecule has 0 bridgehead atoms. The Bertz CT molecular complexity index is 589. The molecule has 6 heteroatoms. The van der Waals surface area contributed by atoms with Crippen molar-refractivity contribution < 1.29 is 0 Å². The number of aryl methyl sites for hydroxylation is 3. The molecule has 19 heavy (non-hydrogen) atoms. The van der Waals surface area contributed by atoms with Crippen LogP contribution < -0.4 is 16.6 Å². The Morgan fingerprint density at radius 2 is 1.74 bits per heavy atom. The summed E-state index contributed by atoms with van der Waals surface area (Å²) < 4.78 is 1.07. The van der Waals surface area contributed by atoms with Crippen molar-refractivity contribution in [3.05, 3.63) is 39.5 Å². The zero-order valence-electron chi connectivity index (χ0n) is 11.1. The van der Waals surface area contributed by atoms with Crippen LogP contribution in [0.2, 0.25) is 0 Å². The molecule has 0 aliphatic rings. The lowest BCUT2D eigenvalue weighted by molar-refractivity contribution is 1.09. The third-order valence-electron chi connectivity index (χ3n) is 2.84. The number of nitrogens with two attached hydrogens (primary N) is 1. The van der Waals surface area contributed by atoms with Crippen LogP contribution in [0.15, 0.2) is 22.8 Å². The first-order valence-corrected chi connectivity index (χ1v) is 6.64. The first kappa shape index (κ1) is 13.8. The number of hydrogen-bond acceptors (Lipinski definition) is 5. The highest BCUT2D eigenvalue weighted by atomic mass is 79.9. The molecule has 4 N–H and O–H groups in total. The molecule has 0 fully saturated rings. The van der Waals surface area contributed by atoms with E-state index < -0.39 is 0 Å². The fourth-order valence-corrected chi connectivity index (χ4v) is 2.55. The predicted molar refractivity (Wildman–Crippen MR) is 81.5 cm³/mol. The van der Waals surface area contributed by atoms with Gasteiger partial charge in [0.25, 0.3) is 0 Å². The van der Waals surface area contributed by atoms with E-state index in [-0.39, 0.29) is 0 Å². The van der Waals surface area contributed by atoms with Crippen LogP contribution in [0, 0.1) is 20.8 Å². The zero-order chi connectivity index (χ0) is 14.0. The molecule has 100 valence electrons. The number of anilines is 3. The van der Waals surface area contributed by atoms with Gasteiger partial charge in [0, 0.05) is 21.9 Å². The van der Waals surface area contributed by atoms with Crippen molar-refractivity contribution in [3.63, 3.8) is 0 Å². The Balaban J connectivity index is 2.41. The fourth-order valence-electron chi connectivity index (χ4n) is 1.86. The molecule has 1 heterocycles. The van der Waals surface area contributed by atoms with Crippen molar-refractivity contribution in [2.75, 3.05) is 10.7 Å². The summed E-state index contributed by atoms with van der Waals surface area (Å²) in [5.74, 6) is 6.47. The van der Waals surface area contributed by atoms with E-state index in [9.17, 15) is 0 Å². The van der Waals surface area contributed by atoms with Gasteiger partial charge < -0.3 is 5.32 Å². The van der Waals surface area contributed by atoms with Gasteiger partial charge in [0.15, 0.2) is 0 Å². The highest BCUT2D eigenvalue weighted by Crippen LogP contribution is 2.28. The number of nitrogens with one attached hydrogen (secondary N) is 2. The number of nitrogens with zero attached hydrogens (tertiary/aromatic N) is 2. The minimum Gasteiger partial charge on any atom is -0.339 e. The van der Waals surface area contributed by atoms with Crippen LogP contribution in [0.3, 0.4) is 0 Å². The SMILES string of the molecule is Cc1cnc(NN)nc1Nc1c(C)cc(Br)cc1C. The summed E-state index contributed by atoms with van der Waals surface area (Å²) in [4.78, 5) is 8.38. The van der Waals surface area contributed by atoms with Gasteiger partial charge in [0.2, 0.25) is 5.95 Å². The molecular weight excluding hydrogens is 306 g/mol. The summed E-state index contributed by atoms with van der Waals surface area (Å²) in [7, 11) is 0. The van der Waals surface area contributed by atoms with Crippen molar-refractivity contribution in [2.24, 2.45) is 5.84 Å². The van der Waals surface area contributed by atoms with Crippen LogP contribution in [-0.2, 0) is 0 Å². The van der Waals surface area contributed by atoms with Crippen LogP contribution >= 0.6 is 15.9 Å². The maximum Gasteiger partial charge on any atom is 0.239 e. The molecule has 0 radical (unpaired) electrons. The Morgan fingerprint density at radius 3 is 2.32 bits per heavy atom. The number of halogens is 1. The molecule has 2 aromatic rings. The summed E-state index contributed by atoms with van der Waals surface area (Å²) in [6.45, 7) is 6.06. The molecular formula is C13H16BrN5. The molecule has 0 saturated carbocycles. The maximum atomic E-state index is 5.33. The Kier molecular flexibility index (Phi) is 4.01. The minimum absolute atomic E-state index is 0.389. The quantitative estimate of drug-likeness (QED) is 0.598. The van der Waals surface area contributed by atoms with Gasteiger partial charge in [-0.25, -0.2) is 10.8 Å². The molecule has 1 aromatic heterocycles. The van der Waals surface area contributed by atoms with E-state index >= 15 is 0 Å². The van der Waals surface area contributed by atoms with E-state index in [0.29, 0.717) is 5.95 Å². The van der Waals surface area contributed by atoms with Crippen molar-refractivity contribution >= 4 is 33.4 Å². The first-order valence-electron chi connectivity index (χ1n) is 5.85. The number of hydrazine groups is 1. The van der Waals surface area contributed by atoms with E-state index in [1.807, 2.05) is 6.92 Å². The summed E-state index contributed by atoms with van der Waals surface area (Å²) in [6, 6.07) is 4.13. The number of hydrogen-bond donors (Lipinski definition) is 3. The highest BCUT2D eigenvalue weighted by molar-refractivity contribution is 9.10. The van der Waals surface area contributed by atoms with Crippen LogP contribution in [0.4, 0.5) is 17.5 Å². The monoisotopic (exact) mass is 321 g/mol. The topological polar surface area (TPSA) is 75.9 Å². The average molecular weight is 322 g/mol. The molecule has 0 aliphatic heterocycles. The van der Waals surface area contributed by atoms with Gasteiger partial charge >= 0.3 is 0 Å². The minimum atomic E-state index is 0.389. The summed E-state index contributed by atoms with van der Waals surface area (Å²) in [5.41, 5.74) is 6.75. The number of nitrogen functional groups attached to an aromatic ring is 1. The molecule has 0 unspecified atom stereocenters. The van der Waals surface area contributed by atoms with Gasteiger partial charge in [-0.2, -0.15) is 4.98 Å². The maximum absolute atomic E-state index is 5.33. The van der Waals surface area contributed by atoms with Gasteiger partial charge in [-0.1, -0.05) is 15.9 Å². The number of benzene rings is 1. The summed E-state index contributed by atoms with van der Waals surface area (Å²) in [6.07, 6.45) is 1.73. The second kappa shape index (κ2) is 5.54. The van der Waals surface area contributed by atoms with Gasteiger partial charge in [0.1, 0.15) is 5.82 Å². The Hall–Kier alpha value is -1.66. The van der Waals surface area contributed by atoms with Gasteiger partial charge in [-0.15, -0.1) is 0 Å². The Labute approximate surface area is 120 Å². The van der Waals surface area contributed by atoms with Crippen molar-refractivity contribution in [1.82, 2.24) is 9.97 Å². The van der Waals surface area contributed by atoms with Gasteiger partial charge in [0.05, 0.1) is 0 Å². The lowest BCUT2D eigenvalue weighted by Crippen LogP contribution is -2.12. The molecule has 0 saturated heterocycles. The molecule has 0 spiro atoms. The standard InChI is InChI=1S/C13H16BrN5/c1-7-4-10(14)5-8(2)11(7)17-12-9(3)6-16-13(18-12)19-15/h4-6H,15H2,1-3H3,(H2,16,17,18,19). The summed E-state index contributed by atoms with van der Waals surface area (Å²) >= 11 is 3.49. The molecule has 0 amide bonds.